The van der Waals surface area contributed by atoms with Gasteiger partial charge in [-0.3, -0.25) is 4.79 Å². The molecule has 5 rings (SSSR count). The predicted molar refractivity (Wildman–Crippen MR) is 133 cm³/mol. The van der Waals surface area contributed by atoms with E-state index in [0.29, 0.717) is 29.7 Å². The third-order valence-corrected chi connectivity index (χ3v) is 7.60. The number of nitrogens with one attached hydrogen (secondary N) is 1. The van der Waals surface area contributed by atoms with Gasteiger partial charge in [0.1, 0.15) is 12.4 Å². The molecule has 0 saturated carbocycles. The molecular formula is C24H22N4O3S2. The Kier molecular flexibility index (Phi) is 5.82. The lowest BCUT2D eigenvalue weighted by molar-refractivity contribution is -0.113. The van der Waals surface area contributed by atoms with E-state index in [0.717, 1.165) is 32.2 Å². The number of methoxy groups -OCH3 is 1. The topological polar surface area (TPSA) is 78.3 Å². The molecule has 2 aromatic heterocycles. The van der Waals surface area contributed by atoms with E-state index in [1.54, 1.807) is 41.0 Å². The van der Waals surface area contributed by atoms with Gasteiger partial charge in [0.15, 0.2) is 11.5 Å². The lowest BCUT2D eigenvalue weighted by atomic mass is 10.0. The molecule has 0 unspecified atom stereocenters. The lowest BCUT2D eigenvalue weighted by Gasteiger charge is -2.18. The molecule has 9 heteroatoms. The van der Waals surface area contributed by atoms with Crippen LogP contribution in [-0.4, -0.2) is 40.1 Å². The van der Waals surface area contributed by atoms with E-state index >= 15 is 0 Å². The van der Waals surface area contributed by atoms with Gasteiger partial charge < -0.3 is 14.8 Å². The Morgan fingerprint density at radius 3 is 2.91 bits per heavy atom. The number of carbonyl (C=O) groups excluding carboxylic acids is 1. The van der Waals surface area contributed by atoms with E-state index in [1.807, 2.05) is 49.4 Å². The molecule has 4 aromatic rings. The van der Waals surface area contributed by atoms with Crippen molar-refractivity contribution >= 4 is 45.0 Å². The van der Waals surface area contributed by atoms with Gasteiger partial charge in [-0.2, -0.15) is 9.78 Å². The second-order valence-corrected chi connectivity index (χ2v) is 9.58. The molecule has 168 valence electrons. The largest absolute Gasteiger partial charge is 0.493 e. The molecular weight excluding hydrogens is 456 g/mol. The first-order valence-corrected chi connectivity index (χ1v) is 12.2. The zero-order chi connectivity index (χ0) is 22.9. The van der Waals surface area contributed by atoms with Gasteiger partial charge in [0, 0.05) is 5.56 Å². The van der Waals surface area contributed by atoms with Crippen LogP contribution in [0.2, 0.25) is 0 Å². The van der Waals surface area contributed by atoms with Crippen molar-refractivity contribution in [3.05, 3.63) is 71.9 Å². The Morgan fingerprint density at radius 1 is 1.27 bits per heavy atom. The molecule has 1 amide bonds. The van der Waals surface area contributed by atoms with Crippen molar-refractivity contribution in [1.29, 1.82) is 0 Å². The third kappa shape index (κ3) is 3.98. The fourth-order valence-corrected chi connectivity index (χ4v) is 5.95. The molecule has 0 aliphatic carbocycles. The molecule has 1 aliphatic heterocycles. The summed E-state index contributed by atoms with van der Waals surface area (Å²) in [5, 5.41) is 8.46. The maximum Gasteiger partial charge on any atom is 0.235 e. The molecule has 0 fully saturated rings. The van der Waals surface area contributed by atoms with Crippen LogP contribution < -0.4 is 14.8 Å². The van der Waals surface area contributed by atoms with Crippen molar-refractivity contribution in [3.63, 3.8) is 0 Å². The minimum absolute atomic E-state index is 0.0658. The zero-order valence-electron chi connectivity index (χ0n) is 18.2. The highest BCUT2D eigenvalue weighted by atomic mass is 32.2. The number of fused-ring (bicyclic) bond motifs is 2. The van der Waals surface area contributed by atoms with Crippen molar-refractivity contribution in [2.75, 3.05) is 24.8 Å². The van der Waals surface area contributed by atoms with Crippen LogP contribution in [0, 0.1) is 6.92 Å². The number of aromatic nitrogens is 3. The summed E-state index contributed by atoms with van der Waals surface area (Å²) in [6.07, 6.45) is 1.69. The van der Waals surface area contributed by atoms with Crippen LogP contribution >= 0.6 is 23.1 Å². The van der Waals surface area contributed by atoms with Crippen LogP contribution in [0.4, 0.5) is 5.82 Å². The van der Waals surface area contributed by atoms with Gasteiger partial charge in [-0.25, -0.2) is 4.98 Å². The highest BCUT2D eigenvalue weighted by molar-refractivity contribution is 8.00. The van der Waals surface area contributed by atoms with Crippen LogP contribution in [-0.2, 0) is 4.79 Å². The predicted octanol–water partition coefficient (Wildman–Crippen LogP) is 5.14. The quantitative estimate of drug-likeness (QED) is 0.387. The number of para-hydroxylation sites is 1. The average Bonchev–Trinajstić information content (AvgIpc) is 3.34. The minimum Gasteiger partial charge on any atom is -0.493 e. The normalized spacial score (nSPS) is 15.6. The average molecular weight is 479 g/mol. The monoisotopic (exact) mass is 478 g/mol. The summed E-state index contributed by atoms with van der Waals surface area (Å²) in [5.41, 5.74) is 3.72. The fourth-order valence-electron chi connectivity index (χ4n) is 3.85. The summed E-state index contributed by atoms with van der Waals surface area (Å²) in [4.78, 5) is 17.4. The first-order valence-electron chi connectivity index (χ1n) is 10.4. The summed E-state index contributed by atoms with van der Waals surface area (Å²) in [6, 6.07) is 13.8. The minimum atomic E-state index is -0.107. The summed E-state index contributed by atoms with van der Waals surface area (Å²) in [7, 11) is 1.62. The highest BCUT2D eigenvalue weighted by Crippen LogP contribution is 2.46. The van der Waals surface area contributed by atoms with Crippen molar-refractivity contribution in [2.24, 2.45) is 0 Å². The zero-order valence-corrected chi connectivity index (χ0v) is 19.8. The molecule has 3 heterocycles. The van der Waals surface area contributed by atoms with Crippen LogP contribution in [0.25, 0.3) is 15.3 Å². The van der Waals surface area contributed by atoms with E-state index in [9.17, 15) is 4.79 Å². The fraction of sp³-hybridized carbons (Fsp3) is 0.208. The number of hydrogen-bond acceptors (Lipinski definition) is 7. The first kappa shape index (κ1) is 21.5. The van der Waals surface area contributed by atoms with Gasteiger partial charge in [-0.15, -0.1) is 11.8 Å². The Labute approximate surface area is 199 Å². The molecule has 0 saturated heterocycles. The standard InChI is InChI=1S/C24H22N4O3S2/c1-4-11-31-17-10-9-15(12-18(17)30-3)22-21-14(2)27-28(23(21)26-20(29)13-32-22)24-25-16-7-5-6-8-19(16)33-24/h4-10,12,22H,1,11,13H2,2-3H3,(H,26,29)/t22-/m0/s1. The maximum atomic E-state index is 12.6. The smallest absolute Gasteiger partial charge is 0.235 e. The van der Waals surface area contributed by atoms with Gasteiger partial charge >= 0.3 is 0 Å². The molecule has 33 heavy (non-hydrogen) atoms. The number of ether oxygens (including phenoxy) is 2. The van der Waals surface area contributed by atoms with Crippen LogP contribution in [0.3, 0.4) is 0 Å². The number of aryl methyl sites for hydroxylation is 1. The summed E-state index contributed by atoms with van der Waals surface area (Å²) in [6.45, 7) is 6.05. The van der Waals surface area contributed by atoms with Crippen LogP contribution in [0.1, 0.15) is 22.1 Å². The van der Waals surface area contributed by atoms with Crippen molar-refractivity contribution in [3.8, 4) is 16.6 Å². The molecule has 7 nitrogen and oxygen atoms in total. The summed E-state index contributed by atoms with van der Waals surface area (Å²) < 4.78 is 14.1. The van der Waals surface area contributed by atoms with E-state index in [1.165, 1.54) is 0 Å². The number of thioether (sulfide) groups is 1. The van der Waals surface area contributed by atoms with Crippen molar-refractivity contribution in [1.82, 2.24) is 14.8 Å². The number of hydrogen-bond donors (Lipinski definition) is 1. The number of anilines is 1. The van der Waals surface area contributed by atoms with E-state index in [2.05, 4.69) is 11.9 Å². The molecule has 1 N–H and O–H groups in total. The summed E-state index contributed by atoms with van der Waals surface area (Å²) >= 11 is 3.11. The molecule has 1 atom stereocenters. The number of amides is 1. The molecule has 0 radical (unpaired) electrons. The Balaban J connectivity index is 1.61. The highest BCUT2D eigenvalue weighted by Gasteiger charge is 2.31. The van der Waals surface area contributed by atoms with Crippen LogP contribution in [0.5, 0.6) is 11.5 Å². The summed E-state index contributed by atoms with van der Waals surface area (Å²) in [5.74, 6) is 2.21. The van der Waals surface area contributed by atoms with E-state index < -0.39 is 0 Å². The van der Waals surface area contributed by atoms with Gasteiger partial charge in [-0.05, 0) is 36.8 Å². The van der Waals surface area contributed by atoms with Gasteiger partial charge in [0.2, 0.25) is 11.0 Å². The van der Waals surface area contributed by atoms with Gasteiger partial charge in [0.05, 0.1) is 34.0 Å². The lowest BCUT2D eigenvalue weighted by Crippen LogP contribution is -2.15. The van der Waals surface area contributed by atoms with Crippen molar-refractivity contribution in [2.45, 2.75) is 12.2 Å². The van der Waals surface area contributed by atoms with Crippen LogP contribution in [0.15, 0.2) is 55.1 Å². The molecule has 0 bridgehead atoms. The number of carbonyl (C=O) groups is 1. The van der Waals surface area contributed by atoms with Gasteiger partial charge in [0.25, 0.3) is 0 Å². The SMILES string of the molecule is C=CCOc1ccc([C@@H]2SCC(=O)Nc3c2c(C)nn3-c2nc3ccccc3s2)cc1OC. The second-order valence-electron chi connectivity index (χ2n) is 7.47. The molecule has 2 aromatic carbocycles. The first-order chi connectivity index (χ1) is 16.1. The number of thiazole rings is 1. The third-order valence-electron chi connectivity index (χ3n) is 5.32. The van der Waals surface area contributed by atoms with Gasteiger partial charge in [-0.1, -0.05) is 42.2 Å². The van der Waals surface area contributed by atoms with Crippen molar-refractivity contribution < 1.29 is 14.3 Å². The number of nitrogens with zero attached hydrogens (tertiary/aromatic N) is 3. The van der Waals surface area contributed by atoms with E-state index in [-0.39, 0.29) is 11.2 Å². The van der Waals surface area contributed by atoms with E-state index in [4.69, 9.17) is 19.6 Å². The Hall–Kier alpha value is -3.30. The molecule has 1 aliphatic rings. The molecule has 0 spiro atoms. The Bertz CT molecular complexity index is 1330. The second kappa shape index (κ2) is 8.92. The Morgan fingerprint density at radius 2 is 2.12 bits per heavy atom. The number of rotatable bonds is 6. The maximum absolute atomic E-state index is 12.6. The number of benzene rings is 2.